The second-order valence-electron chi connectivity index (χ2n) is 4.01. The Morgan fingerprint density at radius 3 is 2.76 bits per heavy atom. The summed E-state index contributed by atoms with van der Waals surface area (Å²) in [5, 5.41) is 8.79. The third kappa shape index (κ3) is 4.39. The van der Waals surface area contributed by atoms with Crippen molar-refractivity contribution >= 4 is 21.4 Å². The predicted molar refractivity (Wildman–Crippen MR) is 69.8 cm³/mol. The Bertz CT molecular complexity index is 439. The molecule has 0 aliphatic rings. The lowest BCUT2D eigenvalue weighted by molar-refractivity contribution is 0.300. The van der Waals surface area contributed by atoms with Crippen LogP contribution in [-0.4, -0.2) is 26.2 Å². The maximum Gasteiger partial charge on any atom is 0.250 e. The first-order valence-electron chi connectivity index (χ1n) is 5.71. The maximum atomic E-state index is 12.0. The van der Waals surface area contributed by atoms with Crippen LogP contribution < -0.4 is 4.72 Å². The van der Waals surface area contributed by atoms with Crippen LogP contribution in [0.1, 0.15) is 31.6 Å². The first-order valence-corrected chi connectivity index (χ1v) is 8.01. The van der Waals surface area contributed by atoms with Crippen molar-refractivity contribution < 1.29 is 13.5 Å². The van der Waals surface area contributed by atoms with Crippen molar-refractivity contribution in [1.29, 1.82) is 0 Å². The molecule has 1 rings (SSSR count). The van der Waals surface area contributed by atoms with Gasteiger partial charge in [0.25, 0.3) is 0 Å². The van der Waals surface area contributed by atoms with Crippen molar-refractivity contribution in [3.05, 3.63) is 17.0 Å². The van der Waals surface area contributed by atoms with Gasteiger partial charge in [-0.2, -0.15) is 0 Å². The van der Waals surface area contributed by atoms with E-state index in [0.717, 1.165) is 17.7 Å². The van der Waals surface area contributed by atoms with Crippen LogP contribution in [0.3, 0.4) is 0 Å². The molecule has 0 bridgehead atoms. The van der Waals surface area contributed by atoms with E-state index < -0.39 is 10.0 Å². The van der Waals surface area contributed by atoms with Crippen molar-refractivity contribution in [2.24, 2.45) is 0 Å². The highest BCUT2D eigenvalue weighted by molar-refractivity contribution is 7.91. The number of rotatable bonds is 7. The third-order valence-corrected chi connectivity index (χ3v) is 5.56. The number of aliphatic hydroxyl groups is 1. The van der Waals surface area contributed by atoms with Gasteiger partial charge in [-0.05, 0) is 25.5 Å². The predicted octanol–water partition coefficient (Wildman–Crippen LogP) is 1.75. The first-order chi connectivity index (χ1) is 7.99. The van der Waals surface area contributed by atoms with Gasteiger partial charge in [0.15, 0.2) is 0 Å². The Kier molecular flexibility index (Phi) is 5.58. The Labute approximate surface area is 107 Å². The van der Waals surface area contributed by atoms with Crippen LogP contribution in [0.5, 0.6) is 0 Å². The molecule has 0 aliphatic heterocycles. The summed E-state index contributed by atoms with van der Waals surface area (Å²) in [6.07, 6.45) is 2.28. The van der Waals surface area contributed by atoms with Crippen LogP contribution in [0.4, 0.5) is 0 Å². The van der Waals surface area contributed by atoms with Gasteiger partial charge in [-0.1, -0.05) is 13.3 Å². The summed E-state index contributed by atoms with van der Waals surface area (Å²) in [6.45, 7) is 3.93. The highest BCUT2D eigenvalue weighted by atomic mass is 32.2. The lowest BCUT2D eigenvalue weighted by Crippen LogP contribution is -2.31. The standard InChI is InChI=1S/C11H19NO3S2/c1-3-4-9(2)12-17(14,15)11-6-5-10(16-11)7-8-13/h5-6,9,12-13H,3-4,7-8H2,1-2H3. The summed E-state index contributed by atoms with van der Waals surface area (Å²) in [4.78, 5) is 0.885. The first kappa shape index (κ1) is 14.6. The molecular formula is C11H19NO3S2. The van der Waals surface area contributed by atoms with E-state index >= 15 is 0 Å². The fraction of sp³-hybridized carbons (Fsp3) is 0.636. The summed E-state index contributed by atoms with van der Waals surface area (Å²) in [6, 6.07) is 3.30. The zero-order valence-electron chi connectivity index (χ0n) is 10.1. The molecule has 0 saturated heterocycles. The average Bonchev–Trinajstić information content (AvgIpc) is 2.67. The van der Waals surface area contributed by atoms with Gasteiger partial charge in [-0.3, -0.25) is 0 Å². The van der Waals surface area contributed by atoms with E-state index in [2.05, 4.69) is 4.72 Å². The van der Waals surface area contributed by atoms with E-state index in [-0.39, 0.29) is 12.6 Å². The van der Waals surface area contributed by atoms with E-state index in [4.69, 9.17) is 5.11 Å². The molecule has 17 heavy (non-hydrogen) atoms. The minimum absolute atomic E-state index is 0.0413. The lowest BCUT2D eigenvalue weighted by Gasteiger charge is -2.11. The van der Waals surface area contributed by atoms with Gasteiger partial charge in [0.05, 0.1) is 0 Å². The summed E-state index contributed by atoms with van der Waals surface area (Å²) < 4.78 is 26.9. The second kappa shape index (κ2) is 6.49. The third-order valence-electron chi connectivity index (χ3n) is 2.34. The lowest BCUT2D eigenvalue weighted by atomic mass is 10.2. The van der Waals surface area contributed by atoms with Gasteiger partial charge in [-0.25, -0.2) is 13.1 Å². The summed E-state index contributed by atoms with van der Waals surface area (Å²) in [5.74, 6) is 0. The minimum atomic E-state index is -3.39. The fourth-order valence-corrected chi connectivity index (χ4v) is 4.20. The van der Waals surface area contributed by atoms with Gasteiger partial charge in [0.1, 0.15) is 4.21 Å². The molecule has 0 fully saturated rings. The van der Waals surface area contributed by atoms with Crippen LogP contribution in [-0.2, 0) is 16.4 Å². The molecule has 0 aliphatic carbocycles. The van der Waals surface area contributed by atoms with Gasteiger partial charge >= 0.3 is 0 Å². The number of thiophene rings is 1. The highest BCUT2D eigenvalue weighted by Crippen LogP contribution is 2.22. The maximum absolute atomic E-state index is 12.0. The van der Waals surface area contributed by atoms with Crippen LogP contribution >= 0.6 is 11.3 Å². The number of hydrogen-bond donors (Lipinski definition) is 2. The van der Waals surface area contributed by atoms with E-state index in [1.165, 1.54) is 11.3 Å². The Morgan fingerprint density at radius 1 is 1.47 bits per heavy atom. The smallest absolute Gasteiger partial charge is 0.250 e. The normalized spacial score (nSPS) is 13.8. The number of sulfonamides is 1. The van der Waals surface area contributed by atoms with Crippen LogP contribution in [0.2, 0.25) is 0 Å². The van der Waals surface area contributed by atoms with Crippen molar-refractivity contribution in [2.45, 2.75) is 43.4 Å². The van der Waals surface area contributed by atoms with Gasteiger partial charge in [0.2, 0.25) is 10.0 Å². The Balaban J connectivity index is 2.75. The van der Waals surface area contributed by atoms with Crippen molar-refractivity contribution in [2.75, 3.05) is 6.61 Å². The summed E-state index contributed by atoms with van der Waals surface area (Å²) >= 11 is 1.21. The molecule has 1 unspecified atom stereocenters. The molecule has 0 spiro atoms. The molecule has 1 aromatic rings. The van der Waals surface area contributed by atoms with Crippen LogP contribution in [0.15, 0.2) is 16.3 Å². The summed E-state index contributed by atoms with van der Waals surface area (Å²) in [7, 11) is -3.39. The van der Waals surface area contributed by atoms with Gasteiger partial charge in [-0.15, -0.1) is 11.3 Å². The second-order valence-corrected chi connectivity index (χ2v) is 7.11. The molecule has 1 aromatic heterocycles. The Morgan fingerprint density at radius 2 is 2.18 bits per heavy atom. The van der Waals surface area contributed by atoms with Crippen LogP contribution in [0, 0.1) is 0 Å². The molecular weight excluding hydrogens is 258 g/mol. The van der Waals surface area contributed by atoms with Crippen LogP contribution in [0.25, 0.3) is 0 Å². The van der Waals surface area contributed by atoms with Crippen molar-refractivity contribution in [3.63, 3.8) is 0 Å². The van der Waals surface area contributed by atoms with Gasteiger partial charge < -0.3 is 5.11 Å². The number of aliphatic hydroxyl groups excluding tert-OH is 1. The van der Waals surface area contributed by atoms with Gasteiger partial charge in [0, 0.05) is 23.9 Å². The Hall–Kier alpha value is -0.430. The number of hydrogen-bond acceptors (Lipinski definition) is 4. The molecule has 1 heterocycles. The average molecular weight is 277 g/mol. The van der Waals surface area contributed by atoms with E-state index in [0.29, 0.717) is 10.6 Å². The summed E-state index contributed by atoms with van der Waals surface area (Å²) in [5.41, 5.74) is 0. The quantitative estimate of drug-likeness (QED) is 0.798. The fourth-order valence-electron chi connectivity index (χ4n) is 1.56. The topological polar surface area (TPSA) is 66.4 Å². The molecule has 0 radical (unpaired) electrons. The monoisotopic (exact) mass is 277 g/mol. The molecule has 0 aromatic carbocycles. The molecule has 1 atom stereocenters. The number of nitrogens with one attached hydrogen (secondary N) is 1. The van der Waals surface area contributed by atoms with E-state index in [9.17, 15) is 8.42 Å². The molecule has 0 saturated carbocycles. The highest BCUT2D eigenvalue weighted by Gasteiger charge is 2.18. The molecule has 4 nitrogen and oxygen atoms in total. The molecule has 98 valence electrons. The zero-order valence-corrected chi connectivity index (χ0v) is 11.8. The van der Waals surface area contributed by atoms with E-state index in [1.54, 1.807) is 12.1 Å². The van der Waals surface area contributed by atoms with E-state index in [1.807, 2.05) is 13.8 Å². The largest absolute Gasteiger partial charge is 0.396 e. The van der Waals surface area contributed by atoms with Crippen molar-refractivity contribution in [1.82, 2.24) is 4.72 Å². The zero-order chi connectivity index (χ0) is 12.9. The minimum Gasteiger partial charge on any atom is -0.396 e. The molecule has 6 heteroatoms. The van der Waals surface area contributed by atoms with Crippen molar-refractivity contribution in [3.8, 4) is 0 Å². The molecule has 0 amide bonds. The molecule has 2 N–H and O–H groups in total. The SMILES string of the molecule is CCCC(C)NS(=O)(=O)c1ccc(CCO)s1.